The zero-order valence-corrected chi connectivity index (χ0v) is 10.5. The van der Waals surface area contributed by atoms with Crippen molar-refractivity contribution in [3.05, 3.63) is 42.0 Å². The van der Waals surface area contributed by atoms with Crippen molar-refractivity contribution < 1.29 is 23.0 Å². The second-order valence-electron chi connectivity index (χ2n) is 4.50. The van der Waals surface area contributed by atoms with Crippen molar-refractivity contribution in [3.8, 4) is 5.75 Å². The molecule has 1 atom stereocenters. The van der Waals surface area contributed by atoms with Crippen molar-refractivity contribution in [3.63, 3.8) is 0 Å². The van der Waals surface area contributed by atoms with Crippen LogP contribution in [0, 0.1) is 0 Å². The van der Waals surface area contributed by atoms with Gasteiger partial charge in [-0.2, -0.15) is 13.2 Å². The molecule has 0 saturated heterocycles. The number of alkyl halides is 3. The maximum absolute atomic E-state index is 12.8. The van der Waals surface area contributed by atoms with Gasteiger partial charge in [0.1, 0.15) is 5.75 Å². The number of aliphatic hydroxyl groups is 1. The maximum Gasteiger partial charge on any atom is 0.421 e. The van der Waals surface area contributed by atoms with Crippen molar-refractivity contribution in [2.75, 3.05) is 7.11 Å². The van der Waals surface area contributed by atoms with Crippen LogP contribution in [0.5, 0.6) is 5.75 Å². The normalized spacial score (nSPS) is 15.3. The van der Waals surface area contributed by atoms with Crippen LogP contribution < -0.4 is 4.74 Å². The highest BCUT2D eigenvalue weighted by molar-refractivity contribution is 5.84. The minimum atomic E-state index is -4.72. The summed E-state index contributed by atoms with van der Waals surface area (Å²) in [4.78, 5) is 0. The molecule has 2 nitrogen and oxygen atoms in total. The van der Waals surface area contributed by atoms with E-state index in [0.717, 1.165) is 12.3 Å². The predicted octanol–water partition coefficient (Wildman–Crippen LogP) is 3.62. The Morgan fingerprint density at radius 2 is 1.58 bits per heavy atom. The SMILES string of the molecule is COc1ccc2cc([C@](C)(O)C(F)(F)F)ccc2c1. The molecular weight excluding hydrogens is 257 g/mol. The molecule has 0 bridgehead atoms. The fraction of sp³-hybridized carbons (Fsp3) is 0.286. The van der Waals surface area contributed by atoms with Gasteiger partial charge in [-0.1, -0.05) is 18.2 Å². The van der Waals surface area contributed by atoms with Crippen LogP contribution in [0.2, 0.25) is 0 Å². The van der Waals surface area contributed by atoms with Gasteiger partial charge < -0.3 is 9.84 Å². The number of fused-ring (bicyclic) bond motifs is 1. The van der Waals surface area contributed by atoms with Crippen LogP contribution >= 0.6 is 0 Å². The largest absolute Gasteiger partial charge is 0.497 e. The molecular formula is C14H13F3O2. The summed E-state index contributed by atoms with van der Waals surface area (Å²) in [5.74, 6) is 0.628. The van der Waals surface area contributed by atoms with Crippen LogP contribution in [0.3, 0.4) is 0 Å². The molecule has 2 rings (SSSR count). The van der Waals surface area contributed by atoms with Gasteiger partial charge in [0.15, 0.2) is 5.60 Å². The molecule has 0 unspecified atom stereocenters. The number of methoxy groups -OCH3 is 1. The van der Waals surface area contributed by atoms with Crippen LogP contribution in [-0.4, -0.2) is 18.4 Å². The standard InChI is InChI=1S/C14H13F3O2/c1-13(18,14(15,16)17)11-5-3-10-8-12(19-2)6-4-9(10)7-11/h3-8,18H,1-2H3/t13-/m0/s1. The van der Waals surface area contributed by atoms with E-state index in [4.69, 9.17) is 4.74 Å². The van der Waals surface area contributed by atoms with Gasteiger partial charge >= 0.3 is 6.18 Å². The lowest BCUT2D eigenvalue weighted by Crippen LogP contribution is -2.39. The van der Waals surface area contributed by atoms with Crippen molar-refractivity contribution in [1.29, 1.82) is 0 Å². The van der Waals surface area contributed by atoms with E-state index in [2.05, 4.69) is 0 Å². The van der Waals surface area contributed by atoms with Gasteiger partial charge in [-0.15, -0.1) is 0 Å². The topological polar surface area (TPSA) is 29.5 Å². The number of halogens is 3. The lowest BCUT2D eigenvalue weighted by atomic mass is 9.93. The highest BCUT2D eigenvalue weighted by Crippen LogP contribution is 2.39. The number of hydrogen-bond donors (Lipinski definition) is 1. The molecule has 102 valence electrons. The van der Waals surface area contributed by atoms with Gasteiger partial charge in [0.25, 0.3) is 0 Å². The van der Waals surface area contributed by atoms with E-state index < -0.39 is 11.8 Å². The van der Waals surface area contributed by atoms with E-state index in [1.165, 1.54) is 25.3 Å². The van der Waals surface area contributed by atoms with E-state index in [0.29, 0.717) is 11.1 Å². The number of ether oxygens (including phenoxy) is 1. The molecule has 0 aliphatic carbocycles. The van der Waals surface area contributed by atoms with Crippen molar-refractivity contribution in [1.82, 2.24) is 0 Å². The summed E-state index contributed by atoms with van der Waals surface area (Å²) in [5.41, 5.74) is -3.04. The monoisotopic (exact) mass is 270 g/mol. The summed E-state index contributed by atoms with van der Waals surface area (Å²) in [6.45, 7) is 0.748. The van der Waals surface area contributed by atoms with Crippen LogP contribution in [0.25, 0.3) is 10.8 Å². The van der Waals surface area contributed by atoms with E-state index in [-0.39, 0.29) is 5.56 Å². The van der Waals surface area contributed by atoms with E-state index >= 15 is 0 Å². The molecule has 0 spiro atoms. The molecule has 0 aliphatic rings. The third kappa shape index (κ3) is 2.38. The Labute approximate surface area is 108 Å². The fourth-order valence-electron chi connectivity index (χ4n) is 1.82. The highest BCUT2D eigenvalue weighted by Gasteiger charge is 2.51. The molecule has 2 aromatic carbocycles. The Morgan fingerprint density at radius 1 is 1.00 bits per heavy atom. The second kappa shape index (κ2) is 4.42. The Hall–Kier alpha value is -1.75. The van der Waals surface area contributed by atoms with Gasteiger partial charge in [0.05, 0.1) is 7.11 Å². The second-order valence-corrected chi connectivity index (χ2v) is 4.50. The summed E-state index contributed by atoms with van der Waals surface area (Å²) >= 11 is 0. The molecule has 0 saturated carbocycles. The lowest BCUT2D eigenvalue weighted by molar-refractivity contribution is -0.258. The lowest BCUT2D eigenvalue weighted by Gasteiger charge is -2.26. The summed E-state index contributed by atoms with van der Waals surface area (Å²) in [7, 11) is 1.52. The van der Waals surface area contributed by atoms with E-state index in [1.54, 1.807) is 18.2 Å². The van der Waals surface area contributed by atoms with Crippen molar-refractivity contribution in [2.45, 2.75) is 18.7 Å². The molecule has 0 heterocycles. The molecule has 19 heavy (non-hydrogen) atoms. The number of benzene rings is 2. The van der Waals surface area contributed by atoms with Gasteiger partial charge in [0, 0.05) is 0 Å². The molecule has 5 heteroatoms. The average Bonchev–Trinajstić information content (AvgIpc) is 2.36. The average molecular weight is 270 g/mol. The fourth-order valence-corrected chi connectivity index (χ4v) is 1.82. The molecule has 0 amide bonds. The molecule has 0 aliphatic heterocycles. The first-order valence-corrected chi connectivity index (χ1v) is 5.63. The van der Waals surface area contributed by atoms with Crippen LogP contribution in [0.1, 0.15) is 12.5 Å². The Balaban J connectivity index is 2.54. The van der Waals surface area contributed by atoms with Crippen molar-refractivity contribution >= 4 is 10.8 Å². The van der Waals surface area contributed by atoms with E-state index in [1.807, 2.05) is 0 Å². The van der Waals surface area contributed by atoms with Crippen LogP contribution in [0.4, 0.5) is 13.2 Å². The Kier molecular flexibility index (Phi) is 3.18. The van der Waals surface area contributed by atoms with Crippen LogP contribution in [-0.2, 0) is 5.60 Å². The van der Waals surface area contributed by atoms with Gasteiger partial charge in [0.2, 0.25) is 0 Å². The summed E-state index contributed by atoms with van der Waals surface area (Å²) in [6, 6.07) is 9.19. The van der Waals surface area contributed by atoms with Crippen LogP contribution in [0.15, 0.2) is 36.4 Å². The molecule has 0 fully saturated rings. The highest BCUT2D eigenvalue weighted by atomic mass is 19.4. The molecule has 0 aromatic heterocycles. The third-order valence-corrected chi connectivity index (χ3v) is 3.16. The summed E-state index contributed by atoms with van der Waals surface area (Å²) in [6.07, 6.45) is -4.72. The minimum absolute atomic E-state index is 0.183. The Bertz CT molecular complexity index is 603. The molecule has 2 aromatic rings. The van der Waals surface area contributed by atoms with E-state index in [9.17, 15) is 18.3 Å². The van der Waals surface area contributed by atoms with Gasteiger partial charge in [-0.3, -0.25) is 0 Å². The zero-order valence-electron chi connectivity index (χ0n) is 10.5. The summed E-state index contributed by atoms with van der Waals surface area (Å²) < 4.78 is 43.3. The van der Waals surface area contributed by atoms with Crippen molar-refractivity contribution in [2.24, 2.45) is 0 Å². The first-order chi connectivity index (χ1) is 8.75. The molecule has 1 N–H and O–H groups in total. The summed E-state index contributed by atoms with van der Waals surface area (Å²) in [5, 5.41) is 11.0. The minimum Gasteiger partial charge on any atom is -0.497 e. The quantitative estimate of drug-likeness (QED) is 0.903. The number of rotatable bonds is 2. The number of hydrogen-bond acceptors (Lipinski definition) is 2. The smallest absolute Gasteiger partial charge is 0.421 e. The van der Waals surface area contributed by atoms with Gasteiger partial charge in [-0.05, 0) is 41.5 Å². The Morgan fingerprint density at radius 3 is 2.16 bits per heavy atom. The van der Waals surface area contributed by atoms with Gasteiger partial charge in [-0.25, -0.2) is 0 Å². The first-order valence-electron chi connectivity index (χ1n) is 5.63. The zero-order chi connectivity index (χ0) is 14.3. The predicted molar refractivity (Wildman–Crippen MR) is 66.1 cm³/mol. The maximum atomic E-state index is 12.8. The first kappa shape index (κ1) is 13.7. The third-order valence-electron chi connectivity index (χ3n) is 3.16. The molecule has 0 radical (unpaired) electrons.